The molecular weight excluding hydrogens is 222 g/mol. The Morgan fingerprint density at radius 3 is 2.56 bits per heavy atom. The van der Waals surface area contributed by atoms with Gasteiger partial charge in [-0.2, -0.15) is 0 Å². The Bertz CT molecular complexity index is 419. The number of aryl methyl sites for hydroxylation is 1. The molecule has 16 heavy (non-hydrogen) atoms. The molecule has 0 unspecified atom stereocenters. The first-order chi connectivity index (χ1) is 7.74. The van der Waals surface area contributed by atoms with E-state index in [9.17, 15) is 4.79 Å². The summed E-state index contributed by atoms with van der Waals surface area (Å²) in [5.41, 5.74) is 1.23. The fourth-order valence-electron chi connectivity index (χ4n) is 1.96. The van der Waals surface area contributed by atoms with Gasteiger partial charge in [0.05, 0.1) is 17.1 Å². The SMILES string of the molecule is O=C(O)CCc1sc(C2CC2)nc1C1CC1. The van der Waals surface area contributed by atoms with Crippen molar-refractivity contribution in [2.24, 2.45) is 0 Å². The van der Waals surface area contributed by atoms with Crippen LogP contribution in [-0.4, -0.2) is 16.1 Å². The van der Waals surface area contributed by atoms with Crippen LogP contribution in [0.1, 0.15) is 59.5 Å². The van der Waals surface area contributed by atoms with E-state index in [1.807, 2.05) is 0 Å². The zero-order chi connectivity index (χ0) is 11.1. The number of thiazole rings is 1. The van der Waals surface area contributed by atoms with Gasteiger partial charge in [-0.3, -0.25) is 4.79 Å². The van der Waals surface area contributed by atoms with Gasteiger partial charge in [0, 0.05) is 16.7 Å². The number of aliphatic carboxylic acids is 1. The van der Waals surface area contributed by atoms with Crippen LogP contribution in [0.25, 0.3) is 0 Å². The summed E-state index contributed by atoms with van der Waals surface area (Å²) < 4.78 is 0. The fraction of sp³-hybridized carbons (Fsp3) is 0.667. The lowest BCUT2D eigenvalue weighted by Gasteiger charge is -1.97. The third-order valence-electron chi connectivity index (χ3n) is 3.20. The number of carboxylic acid groups (broad SMARTS) is 1. The van der Waals surface area contributed by atoms with Crippen LogP contribution in [0.2, 0.25) is 0 Å². The van der Waals surface area contributed by atoms with E-state index in [0.29, 0.717) is 18.3 Å². The Labute approximate surface area is 98.5 Å². The largest absolute Gasteiger partial charge is 0.481 e. The predicted molar refractivity (Wildman–Crippen MR) is 62.0 cm³/mol. The number of aromatic nitrogens is 1. The maximum absolute atomic E-state index is 10.6. The quantitative estimate of drug-likeness (QED) is 0.856. The maximum Gasteiger partial charge on any atom is 0.303 e. The van der Waals surface area contributed by atoms with Gasteiger partial charge in [-0.05, 0) is 32.1 Å². The molecule has 1 N–H and O–H groups in total. The number of hydrogen-bond acceptors (Lipinski definition) is 3. The lowest BCUT2D eigenvalue weighted by Crippen LogP contribution is -1.98. The highest BCUT2D eigenvalue weighted by Gasteiger charge is 2.33. The molecular formula is C12H15NO2S. The molecule has 2 aliphatic rings. The van der Waals surface area contributed by atoms with Gasteiger partial charge < -0.3 is 5.11 Å². The fourth-order valence-corrected chi connectivity index (χ4v) is 3.28. The summed E-state index contributed by atoms with van der Waals surface area (Å²) in [5, 5.41) is 10.00. The number of rotatable bonds is 5. The van der Waals surface area contributed by atoms with Crippen molar-refractivity contribution in [3.05, 3.63) is 15.6 Å². The average molecular weight is 237 g/mol. The molecule has 1 aromatic rings. The van der Waals surface area contributed by atoms with Crippen molar-refractivity contribution in [3.63, 3.8) is 0 Å². The normalized spacial score (nSPS) is 20.0. The van der Waals surface area contributed by atoms with Crippen LogP contribution < -0.4 is 0 Å². The molecule has 0 saturated heterocycles. The zero-order valence-electron chi connectivity index (χ0n) is 9.11. The van der Waals surface area contributed by atoms with Crippen LogP contribution in [0.15, 0.2) is 0 Å². The summed E-state index contributed by atoms with van der Waals surface area (Å²) in [4.78, 5) is 16.6. The predicted octanol–water partition coefficient (Wildman–Crippen LogP) is 2.92. The van der Waals surface area contributed by atoms with E-state index in [0.717, 1.165) is 0 Å². The Balaban J connectivity index is 1.79. The van der Waals surface area contributed by atoms with Crippen LogP contribution in [0.5, 0.6) is 0 Å². The van der Waals surface area contributed by atoms with E-state index in [-0.39, 0.29) is 6.42 Å². The van der Waals surface area contributed by atoms with Crippen LogP contribution in [-0.2, 0) is 11.2 Å². The molecule has 0 bridgehead atoms. The smallest absolute Gasteiger partial charge is 0.303 e. The number of carbonyl (C=O) groups is 1. The number of carboxylic acids is 1. The highest BCUT2D eigenvalue weighted by Crippen LogP contribution is 2.48. The summed E-state index contributed by atoms with van der Waals surface area (Å²) in [5.74, 6) is 0.636. The summed E-state index contributed by atoms with van der Waals surface area (Å²) in [6.45, 7) is 0. The molecule has 3 rings (SSSR count). The molecule has 0 amide bonds. The van der Waals surface area contributed by atoms with Crippen molar-refractivity contribution in [2.75, 3.05) is 0 Å². The molecule has 0 aliphatic heterocycles. The van der Waals surface area contributed by atoms with Gasteiger partial charge in [0.2, 0.25) is 0 Å². The van der Waals surface area contributed by atoms with Crippen molar-refractivity contribution < 1.29 is 9.90 Å². The minimum Gasteiger partial charge on any atom is -0.481 e. The van der Waals surface area contributed by atoms with Crippen LogP contribution in [0.3, 0.4) is 0 Å². The second-order valence-corrected chi connectivity index (χ2v) is 5.92. The minimum atomic E-state index is -0.705. The monoisotopic (exact) mass is 237 g/mol. The lowest BCUT2D eigenvalue weighted by molar-refractivity contribution is -0.136. The molecule has 4 heteroatoms. The molecule has 2 fully saturated rings. The molecule has 0 spiro atoms. The van der Waals surface area contributed by atoms with Crippen molar-refractivity contribution in [2.45, 2.75) is 50.4 Å². The molecule has 3 nitrogen and oxygen atoms in total. The van der Waals surface area contributed by atoms with Gasteiger partial charge in [0.15, 0.2) is 0 Å². The summed E-state index contributed by atoms with van der Waals surface area (Å²) in [7, 11) is 0. The summed E-state index contributed by atoms with van der Waals surface area (Å²) in [6.07, 6.45) is 5.95. The number of nitrogens with zero attached hydrogens (tertiary/aromatic N) is 1. The lowest BCUT2D eigenvalue weighted by atomic mass is 10.2. The van der Waals surface area contributed by atoms with Gasteiger partial charge >= 0.3 is 5.97 Å². The minimum absolute atomic E-state index is 0.242. The summed E-state index contributed by atoms with van der Waals surface area (Å²) in [6, 6.07) is 0. The van der Waals surface area contributed by atoms with E-state index in [2.05, 4.69) is 0 Å². The maximum atomic E-state index is 10.6. The first-order valence-corrected chi connectivity index (χ1v) is 6.77. The van der Waals surface area contributed by atoms with E-state index in [1.54, 1.807) is 11.3 Å². The van der Waals surface area contributed by atoms with Crippen molar-refractivity contribution in [1.29, 1.82) is 0 Å². The Morgan fingerprint density at radius 1 is 1.31 bits per heavy atom. The van der Waals surface area contributed by atoms with Crippen LogP contribution >= 0.6 is 11.3 Å². The Hall–Kier alpha value is -0.900. The van der Waals surface area contributed by atoms with Crippen molar-refractivity contribution in [3.8, 4) is 0 Å². The molecule has 0 aromatic carbocycles. The third kappa shape index (κ3) is 2.12. The second kappa shape index (κ2) is 3.84. The van der Waals surface area contributed by atoms with E-state index < -0.39 is 5.97 Å². The van der Waals surface area contributed by atoms with Gasteiger partial charge in [0.1, 0.15) is 0 Å². The molecule has 1 heterocycles. The standard InChI is InChI=1S/C12H15NO2S/c14-10(15)6-5-9-11(7-1-2-7)13-12(16-9)8-3-4-8/h7-8H,1-6H2,(H,14,15). The topological polar surface area (TPSA) is 50.2 Å². The van der Waals surface area contributed by atoms with Gasteiger partial charge in [-0.1, -0.05) is 0 Å². The van der Waals surface area contributed by atoms with Gasteiger partial charge in [0.25, 0.3) is 0 Å². The van der Waals surface area contributed by atoms with E-state index in [1.165, 1.54) is 41.3 Å². The van der Waals surface area contributed by atoms with Crippen LogP contribution in [0.4, 0.5) is 0 Å². The molecule has 0 radical (unpaired) electrons. The Morgan fingerprint density at radius 2 is 2.00 bits per heavy atom. The summed E-state index contributed by atoms with van der Waals surface area (Å²) >= 11 is 1.77. The third-order valence-corrected chi connectivity index (χ3v) is 4.49. The first-order valence-electron chi connectivity index (χ1n) is 5.95. The molecule has 2 saturated carbocycles. The molecule has 86 valence electrons. The van der Waals surface area contributed by atoms with E-state index in [4.69, 9.17) is 10.1 Å². The highest BCUT2D eigenvalue weighted by molar-refractivity contribution is 7.11. The zero-order valence-corrected chi connectivity index (χ0v) is 9.92. The first kappa shape index (κ1) is 10.3. The van der Waals surface area contributed by atoms with Gasteiger partial charge in [-0.25, -0.2) is 4.98 Å². The Kier molecular flexibility index (Phi) is 2.46. The molecule has 0 atom stereocenters. The highest BCUT2D eigenvalue weighted by atomic mass is 32.1. The molecule has 1 aromatic heterocycles. The van der Waals surface area contributed by atoms with Gasteiger partial charge in [-0.15, -0.1) is 11.3 Å². The van der Waals surface area contributed by atoms with Crippen molar-refractivity contribution >= 4 is 17.3 Å². The average Bonchev–Trinajstić information content (AvgIpc) is 3.12. The van der Waals surface area contributed by atoms with E-state index >= 15 is 0 Å². The molecule has 2 aliphatic carbocycles. The van der Waals surface area contributed by atoms with Crippen molar-refractivity contribution in [1.82, 2.24) is 4.98 Å². The second-order valence-electron chi connectivity index (χ2n) is 4.80. The number of hydrogen-bond donors (Lipinski definition) is 1. The van der Waals surface area contributed by atoms with Crippen LogP contribution in [0, 0.1) is 0 Å².